The first-order chi connectivity index (χ1) is 11.8. The Morgan fingerprint density at radius 1 is 1.24 bits per heavy atom. The first kappa shape index (κ1) is 19.9. The van der Waals surface area contributed by atoms with Crippen LogP contribution in [0.3, 0.4) is 0 Å². The maximum Gasteiger partial charge on any atom is 0.191 e. The van der Waals surface area contributed by atoms with Gasteiger partial charge in [0.1, 0.15) is 5.82 Å². The summed E-state index contributed by atoms with van der Waals surface area (Å²) >= 11 is 0. The van der Waals surface area contributed by atoms with Gasteiger partial charge in [0.15, 0.2) is 11.6 Å². The molecule has 0 unspecified atom stereocenters. The molecule has 2 aromatic heterocycles. The molecule has 3 rings (SSSR count). The Labute approximate surface area is 166 Å². The van der Waals surface area contributed by atoms with Crippen molar-refractivity contribution in [3.05, 3.63) is 30.2 Å². The van der Waals surface area contributed by atoms with Crippen LogP contribution < -0.4 is 10.6 Å². The standard InChI is InChI=1S/C18H28N6.HI/c1-3-18(10-5-6-11-18)14-21-17(19-2)20-12-9-16-23-22-15-8-4-7-13-24(15)16;/h4,7-8,13H,3,5-6,9-12,14H2,1-2H3,(H2,19,20,21);1H. The zero-order valence-corrected chi connectivity index (χ0v) is 17.5. The van der Waals surface area contributed by atoms with Gasteiger partial charge in [-0.3, -0.25) is 9.39 Å². The van der Waals surface area contributed by atoms with Gasteiger partial charge in [0.2, 0.25) is 0 Å². The number of nitrogens with zero attached hydrogens (tertiary/aromatic N) is 4. The van der Waals surface area contributed by atoms with E-state index in [1.54, 1.807) is 0 Å². The van der Waals surface area contributed by atoms with Crippen LogP contribution in [-0.2, 0) is 6.42 Å². The van der Waals surface area contributed by atoms with Crippen LogP contribution in [0.4, 0.5) is 0 Å². The van der Waals surface area contributed by atoms with E-state index in [4.69, 9.17) is 0 Å². The van der Waals surface area contributed by atoms with Gasteiger partial charge >= 0.3 is 0 Å². The van der Waals surface area contributed by atoms with Crippen LogP contribution in [0.1, 0.15) is 44.9 Å². The van der Waals surface area contributed by atoms with E-state index < -0.39 is 0 Å². The molecule has 138 valence electrons. The van der Waals surface area contributed by atoms with Crippen molar-refractivity contribution in [3.63, 3.8) is 0 Å². The zero-order chi connectivity index (χ0) is 16.8. The molecule has 2 N–H and O–H groups in total. The number of aromatic nitrogens is 3. The van der Waals surface area contributed by atoms with Crippen LogP contribution in [0, 0.1) is 5.41 Å². The molecule has 0 radical (unpaired) electrons. The molecule has 0 aliphatic heterocycles. The van der Waals surface area contributed by atoms with Crippen LogP contribution in [0.5, 0.6) is 0 Å². The number of pyridine rings is 1. The Morgan fingerprint density at radius 2 is 2.04 bits per heavy atom. The smallest absolute Gasteiger partial charge is 0.191 e. The predicted octanol–water partition coefficient (Wildman–Crippen LogP) is 3.03. The monoisotopic (exact) mass is 456 g/mol. The summed E-state index contributed by atoms with van der Waals surface area (Å²) in [6.45, 7) is 4.10. The number of fused-ring (bicyclic) bond motifs is 1. The van der Waals surface area contributed by atoms with Crippen LogP contribution >= 0.6 is 24.0 Å². The first-order valence-corrected chi connectivity index (χ1v) is 8.99. The minimum absolute atomic E-state index is 0. The molecule has 1 aliphatic carbocycles. The van der Waals surface area contributed by atoms with E-state index in [-0.39, 0.29) is 24.0 Å². The number of hydrogen-bond donors (Lipinski definition) is 2. The van der Waals surface area contributed by atoms with Crippen molar-refractivity contribution in [1.29, 1.82) is 0 Å². The molecule has 0 saturated heterocycles. The highest BCUT2D eigenvalue weighted by atomic mass is 127. The van der Waals surface area contributed by atoms with Gasteiger partial charge in [-0.15, -0.1) is 34.2 Å². The quantitative estimate of drug-likeness (QED) is 0.399. The molecule has 1 fully saturated rings. The van der Waals surface area contributed by atoms with Crippen molar-refractivity contribution in [2.45, 2.75) is 45.4 Å². The molecular weight excluding hydrogens is 427 g/mol. The van der Waals surface area contributed by atoms with E-state index in [9.17, 15) is 0 Å². The topological polar surface area (TPSA) is 66.6 Å². The highest BCUT2D eigenvalue weighted by molar-refractivity contribution is 14.0. The fourth-order valence-electron chi connectivity index (χ4n) is 3.63. The van der Waals surface area contributed by atoms with Crippen molar-refractivity contribution in [3.8, 4) is 0 Å². The summed E-state index contributed by atoms with van der Waals surface area (Å²) in [5.74, 6) is 1.85. The van der Waals surface area contributed by atoms with Gasteiger partial charge in [-0.05, 0) is 36.8 Å². The van der Waals surface area contributed by atoms with Gasteiger partial charge in [-0.25, -0.2) is 0 Å². The van der Waals surface area contributed by atoms with E-state index >= 15 is 0 Å². The van der Waals surface area contributed by atoms with Crippen LogP contribution in [0.15, 0.2) is 29.4 Å². The van der Waals surface area contributed by atoms with E-state index in [0.29, 0.717) is 5.41 Å². The summed E-state index contributed by atoms with van der Waals surface area (Å²) in [7, 11) is 1.83. The van der Waals surface area contributed by atoms with Crippen LogP contribution in [-0.4, -0.2) is 40.7 Å². The van der Waals surface area contributed by atoms with Gasteiger partial charge < -0.3 is 10.6 Å². The molecule has 2 aromatic rings. The molecular formula is C18H29IN6. The molecule has 6 nitrogen and oxygen atoms in total. The highest BCUT2D eigenvalue weighted by Gasteiger charge is 2.31. The maximum atomic E-state index is 4.35. The average Bonchev–Trinajstić information content (AvgIpc) is 3.26. The van der Waals surface area contributed by atoms with Crippen molar-refractivity contribution in [2.75, 3.05) is 20.1 Å². The zero-order valence-electron chi connectivity index (χ0n) is 15.2. The number of rotatable bonds is 6. The van der Waals surface area contributed by atoms with E-state index in [0.717, 1.165) is 36.9 Å². The lowest BCUT2D eigenvalue weighted by Crippen LogP contribution is -2.43. The Bertz CT molecular complexity index is 690. The van der Waals surface area contributed by atoms with E-state index in [1.807, 2.05) is 35.8 Å². The van der Waals surface area contributed by atoms with Gasteiger partial charge in [0.05, 0.1) is 0 Å². The molecule has 1 saturated carbocycles. The second-order valence-electron chi connectivity index (χ2n) is 6.71. The van der Waals surface area contributed by atoms with Gasteiger partial charge in [-0.2, -0.15) is 0 Å². The number of guanidine groups is 1. The molecule has 0 spiro atoms. The minimum atomic E-state index is 0. The molecule has 1 aliphatic rings. The SMILES string of the molecule is CCC1(CNC(=NC)NCCc2nnc3ccccn23)CCCC1.I. The molecule has 0 bridgehead atoms. The van der Waals surface area contributed by atoms with Crippen molar-refractivity contribution in [2.24, 2.45) is 10.4 Å². The van der Waals surface area contributed by atoms with Gasteiger partial charge in [0.25, 0.3) is 0 Å². The fourth-order valence-corrected chi connectivity index (χ4v) is 3.63. The number of halogens is 1. The molecule has 25 heavy (non-hydrogen) atoms. The Morgan fingerprint density at radius 3 is 2.76 bits per heavy atom. The van der Waals surface area contributed by atoms with Gasteiger partial charge in [-0.1, -0.05) is 25.8 Å². The Kier molecular flexibility index (Phi) is 7.46. The molecule has 0 amide bonds. The van der Waals surface area contributed by atoms with Crippen LogP contribution in [0.25, 0.3) is 5.65 Å². The van der Waals surface area contributed by atoms with E-state index in [2.05, 4.69) is 32.7 Å². The lowest BCUT2D eigenvalue weighted by molar-refractivity contribution is 0.283. The number of nitrogens with one attached hydrogen (secondary N) is 2. The number of hydrogen-bond acceptors (Lipinski definition) is 3. The van der Waals surface area contributed by atoms with Crippen molar-refractivity contribution >= 4 is 35.6 Å². The van der Waals surface area contributed by atoms with Gasteiger partial charge in [0, 0.05) is 32.8 Å². The lowest BCUT2D eigenvalue weighted by Gasteiger charge is -2.28. The summed E-state index contributed by atoms with van der Waals surface area (Å²) < 4.78 is 2.03. The third kappa shape index (κ3) is 4.83. The van der Waals surface area contributed by atoms with Crippen molar-refractivity contribution in [1.82, 2.24) is 25.2 Å². The third-order valence-corrected chi connectivity index (χ3v) is 5.29. The minimum Gasteiger partial charge on any atom is -0.356 e. The molecule has 2 heterocycles. The first-order valence-electron chi connectivity index (χ1n) is 8.99. The predicted molar refractivity (Wildman–Crippen MR) is 113 cm³/mol. The van der Waals surface area contributed by atoms with Crippen LogP contribution in [0.2, 0.25) is 0 Å². The summed E-state index contributed by atoms with van der Waals surface area (Å²) in [6.07, 6.45) is 9.44. The molecule has 7 heteroatoms. The normalized spacial score (nSPS) is 16.6. The second-order valence-corrected chi connectivity index (χ2v) is 6.71. The van der Waals surface area contributed by atoms with Crippen molar-refractivity contribution < 1.29 is 0 Å². The third-order valence-electron chi connectivity index (χ3n) is 5.29. The Hall–Kier alpha value is -1.38. The highest BCUT2D eigenvalue weighted by Crippen LogP contribution is 2.40. The summed E-state index contributed by atoms with van der Waals surface area (Å²) in [5, 5.41) is 15.4. The maximum absolute atomic E-state index is 4.35. The Balaban J connectivity index is 0.00000225. The summed E-state index contributed by atoms with van der Waals surface area (Å²) in [4.78, 5) is 4.35. The average molecular weight is 456 g/mol. The van der Waals surface area contributed by atoms with E-state index in [1.165, 1.54) is 32.1 Å². The second kappa shape index (κ2) is 9.35. The fraction of sp³-hybridized carbons (Fsp3) is 0.611. The molecule has 0 atom stereocenters. The summed E-state index contributed by atoms with van der Waals surface area (Å²) in [6, 6.07) is 5.94. The molecule has 0 aromatic carbocycles. The summed E-state index contributed by atoms with van der Waals surface area (Å²) in [5.41, 5.74) is 1.35. The largest absolute Gasteiger partial charge is 0.356 e. The lowest BCUT2D eigenvalue weighted by atomic mass is 9.83. The number of aliphatic imine (C=N–C) groups is 1.